The molecule has 7 nitrogen and oxygen atoms in total. The van der Waals surface area contributed by atoms with Crippen molar-refractivity contribution in [1.29, 1.82) is 0 Å². The van der Waals surface area contributed by atoms with Crippen LogP contribution in [0, 0.1) is 0 Å². The number of aromatic nitrogens is 3. The summed E-state index contributed by atoms with van der Waals surface area (Å²) in [5.74, 6) is 1.33. The number of H-pyrrole nitrogens is 1. The maximum atomic E-state index is 12.2. The average molecular weight is 316 g/mol. The third kappa shape index (κ3) is 3.87. The zero-order valence-corrected chi connectivity index (χ0v) is 13.1. The number of rotatable bonds is 5. The van der Waals surface area contributed by atoms with E-state index < -0.39 is 0 Å². The maximum absolute atomic E-state index is 12.2. The zero-order chi connectivity index (χ0) is 16.1. The highest BCUT2D eigenvalue weighted by molar-refractivity contribution is 5.31. The summed E-state index contributed by atoms with van der Waals surface area (Å²) in [7, 11) is 0. The van der Waals surface area contributed by atoms with Crippen LogP contribution in [-0.2, 0) is 11.2 Å². The van der Waals surface area contributed by atoms with E-state index in [0.717, 1.165) is 11.3 Å². The van der Waals surface area contributed by atoms with E-state index in [1.807, 2.05) is 36.1 Å². The van der Waals surface area contributed by atoms with Crippen LogP contribution in [0.3, 0.4) is 0 Å². The molecule has 1 fully saturated rings. The minimum Gasteiger partial charge on any atom is -0.494 e. The summed E-state index contributed by atoms with van der Waals surface area (Å²) in [5.41, 5.74) is 1.20. The molecule has 0 bridgehead atoms. The van der Waals surface area contributed by atoms with E-state index >= 15 is 0 Å². The molecule has 2 heterocycles. The number of nitrogens with one attached hydrogen (secondary N) is 1. The molecule has 0 radical (unpaired) electrons. The molecule has 0 unspecified atom stereocenters. The van der Waals surface area contributed by atoms with E-state index in [0.29, 0.717) is 51.0 Å². The first-order valence-electron chi connectivity index (χ1n) is 7.76. The highest BCUT2D eigenvalue weighted by Gasteiger charge is 2.15. The molecular weight excluding hydrogens is 296 g/mol. The van der Waals surface area contributed by atoms with Gasteiger partial charge in [0.25, 0.3) is 5.56 Å². The van der Waals surface area contributed by atoms with Crippen molar-refractivity contribution in [2.75, 3.05) is 37.8 Å². The van der Waals surface area contributed by atoms with E-state index in [9.17, 15) is 4.79 Å². The van der Waals surface area contributed by atoms with Crippen molar-refractivity contribution in [3.8, 4) is 5.75 Å². The smallest absolute Gasteiger partial charge is 0.274 e. The van der Waals surface area contributed by atoms with E-state index in [2.05, 4.69) is 15.2 Å². The van der Waals surface area contributed by atoms with Gasteiger partial charge in [-0.05, 0) is 24.6 Å². The number of nitrogens with zero attached hydrogens (tertiary/aromatic N) is 3. The summed E-state index contributed by atoms with van der Waals surface area (Å²) in [4.78, 5) is 17.0. The van der Waals surface area contributed by atoms with Crippen LogP contribution in [0.25, 0.3) is 0 Å². The Morgan fingerprint density at radius 3 is 2.61 bits per heavy atom. The first-order valence-corrected chi connectivity index (χ1v) is 7.76. The summed E-state index contributed by atoms with van der Waals surface area (Å²) in [6.07, 6.45) is 0.443. The van der Waals surface area contributed by atoms with Crippen LogP contribution in [0.4, 0.5) is 5.95 Å². The summed E-state index contributed by atoms with van der Waals surface area (Å²) >= 11 is 0. The molecule has 1 aliphatic heterocycles. The molecule has 0 spiro atoms. The lowest BCUT2D eigenvalue weighted by Gasteiger charge is -2.26. The van der Waals surface area contributed by atoms with Gasteiger partial charge < -0.3 is 14.4 Å². The van der Waals surface area contributed by atoms with E-state index in [1.54, 1.807) is 0 Å². The van der Waals surface area contributed by atoms with Crippen LogP contribution in [0.1, 0.15) is 18.2 Å². The topological polar surface area (TPSA) is 80.3 Å². The fraction of sp³-hybridized carbons (Fsp3) is 0.438. The minimum absolute atomic E-state index is 0.199. The Morgan fingerprint density at radius 1 is 1.22 bits per heavy atom. The van der Waals surface area contributed by atoms with Gasteiger partial charge in [-0.1, -0.05) is 12.1 Å². The predicted molar refractivity (Wildman–Crippen MR) is 86.1 cm³/mol. The van der Waals surface area contributed by atoms with Crippen molar-refractivity contribution in [2.24, 2.45) is 0 Å². The van der Waals surface area contributed by atoms with Gasteiger partial charge in [-0.15, -0.1) is 10.2 Å². The Labute approximate surface area is 134 Å². The van der Waals surface area contributed by atoms with Crippen LogP contribution < -0.4 is 15.2 Å². The van der Waals surface area contributed by atoms with Gasteiger partial charge >= 0.3 is 0 Å². The molecular formula is C16H20N4O3. The van der Waals surface area contributed by atoms with Gasteiger partial charge in [-0.2, -0.15) is 0 Å². The predicted octanol–water partition coefficient (Wildman–Crippen LogP) is 0.991. The van der Waals surface area contributed by atoms with E-state index in [4.69, 9.17) is 9.47 Å². The van der Waals surface area contributed by atoms with Gasteiger partial charge in [-0.3, -0.25) is 9.78 Å². The molecule has 1 N–H and O–H groups in total. The first-order chi connectivity index (χ1) is 11.3. The lowest BCUT2D eigenvalue weighted by molar-refractivity contribution is 0.122. The molecule has 122 valence electrons. The lowest BCUT2D eigenvalue weighted by atomic mass is 10.1. The van der Waals surface area contributed by atoms with Crippen LogP contribution in [-0.4, -0.2) is 48.1 Å². The minimum atomic E-state index is -0.199. The molecule has 1 saturated heterocycles. The molecule has 23 heavy (non-hydrogen) atoms. The fourth-order valence-electron chi connectivity index (χ4n) is 2.45. The Morgan fingerprint density at radius 2 is 1.96 bits per heavy atom. The second-order valence-electron chi connectivity index (χ2n) is 5.28. The monoisotopic (exact) mass is 316 g/mol. The highest BCUT2D eigenvalue weighted by Crippen LogP contribution is 2.14. The Balaban J connectivity index is 1.71. The summed E-state index contributed by atoms with van der Waals surface area (Å²) in [6, 6.07) is 7.65. The molecule has 1 aliphatic rings. The number of hydrogen-bond donors (Lipinski definition) is 1. The van der Waals surface area contributed by atoms with Crippen LogP contribution >= 0.6 is 0 Å². The molecule has 3 rings (SSSR count). The largest absolute Gasteiger partial charge is 0.494 e. The Kier molecular flexibility index (Phi) is 4.87. The molecule has 0 atom stereocenters. The maximum Gasteiger partial charge on any atom is 0.274 e. The number of benzene rings is 1. The second kappa shape index (κ2) is 7.23. The molecule has 7 heteroatoms. The molecule has 0 amide bonds. The number of aromatic amines is 1. The van der Waals surface area contributed by atoms with Crippen molar-refractivity contribution in [2.45, 2.75) is 13.3 Å². The number of hydrogen-bond acceptors (Lipinski definition) is 6. The van der Waals surface area contributed by atoms with Crippen LogP contribution in [0.5, 0.6) is 5.75 Å². The van der Waals surface area contributed by atoms with Crippen molar-refractivity contribution in [3.63, 3.8) is 0 Å². The van der Waals surface area contributed by atoms with Crippen molar-refractivity contribution in [1.82, 2.24) is 15.2 Å². The van der Waals surface area contributed by atoms with Crippen molar-refractivity contribution >= 4 is 5.95 Å². The second-order valence-corrected chi connectivity index (χ2v) is 5.28. The molecule has 0 aliphatic carbocycles. The number of morpholine rings is 1. The van der Waals surface area contributed by atoms with Crippen molar-refractivity contribution < 1.29 is 9.47 Å². The SMILES string of the molecule is CCOc1ccc(Cc2nnc(N3CCOCC3)[nH]c2=O)cc1. The number of ether oxygens (including phenoxy) is 2. The average Bonchev–Trinajstić information content (AvgIpc) is 2.59. The summed E-state index contributed by atoms with van der Waals surface area (Å²) < 4.78 is 10.7. The van der Waals surface area contributed by atoms with Crippen molar-refractivity contribution in [3.05, 3.63) is 45.9 Å². The fourth-order valence-corrected chi connectivity index (χ4v) is 2.45. The molecule has 1 aromatic heterocycles. The van der Waals surface area contributed by atoms with Gasteiger partial charge in [0, 0.05) is 19.5 Å². The Hall–Kier alpha value is -2.41. The van der Waals surface area contributed by atoms with Gasteiger partial charge in [0.2, 0.25) is 5.95 Å². The number of anilines is 1. The van der Waals surface area contributed by atoms with Gasteiger partial charge in [-0.25, -0.2) is 0 Å². The molecule has 0 saturated carbocycles. The third-order valence-corrected chi connectivity index (χ3v) is 3.67. The quantitative estimate of drug-likeness (QED) is 0.886. The normalized spacial score (nSPS) is 14.7. The zero-order valence-electron chi connectivity index (χ0n) is 13.1. The van der Waals surface area contributed by atoms with E-state index in [-0.39, 0.29) is 5.56 Å². The molecule has 2 aromatic rings. The highest BCUT2D eigenvalue weighted by atomic mass is 16.5. The molecule has 1 aromatic carbocycles. The first kappa shape index (κ1) is 15.5. The standard InChI is InChI=1S/C16H20N4O3/c1-2-23-13-5-3-12(4-6-13)11-14-15(21)17-16(19-18-14)20-7-9-22-10-8-20/h3-6H,2,7-11H2,1H3,(H,17,19,21). The summed E-state index contributed by atoms with van der Waals surface area (Å²) in [5, 5.41) is 8.25. The van der Waals surface area contributed by atoms with Gasteiger partial charge in [0.05, 0.1) is 19.8 Å². The van der Waals surface area contributed by atoms with Crippen LogP contribution in [0.2, 0.25) is 0 Å². The summed E-state index contributed by atoms with van der Waals surface area (Å²) in [6.45, 7) is 5.27. The Bertz CT molecular complexity index is 693. The van der Waals surface area contributed by atoms with Crippen LogP contribution in [0.15, 0.2) is 29.1 Å². The third-order valence-electron chi connectivity index (χ3n) is 3.67. The lowest BCUT2D eigenvalue weighted by Crippen LogP contribution is -2.38. The van der Waals surface area contributed by atoms with Gasteiger partial charge in [0.15, 0.2) is 0 Å². The van der Waals surface area contributed by atoms with Gasteiger partial charge in [0.1, 0.15) is 11.4 Å². The van der Waals surface area contributed by atoms with E-state index in [1.165, 1.54) is 0 Å².